The number of guanidine groups is 1. The highest BCUT2D eigenvalue weighted by Gasteiger charge is 2.11. The first-order chi connectivity index (χ1) is 14.2. The summed E-state index contributed by atoms with van der Waals surface area (Å²) in [6, 6.07) is 13.2. The first-order valence-corrected chi connectivity index (χ1v) is 10.1. The van der Waals surface area contributed by atoms with Crippen LogP contribution in [0, 0.1) is 10.1 Å². The van der Waals surface area contributed by atoms with E-state index in [1.807, 2.05) is 12.1 Å². The minimum atomic E-state index is -0.370. The number of aliphatic imine (C=N–C) groups is 1. The molecule has 2 aromatic rings. The molecule has 0 saturated heterocycles. The molecule has 2 N–H and O–H groups in total. The van der Waals surface area contributed by atoms with Crippen molar-refractivity contribution in [1.29, 1.82) is 0 Å². The standard InChI is InChI=1S/C22H28N4O3.HI/c1-23-22(25-14-11-18-7-10-21-19(16-18)12-15-29-21)24-13-3-2-4-17-5-8-20(9-6-17)26(27)28;/h5-10,16H,2-4,11-15H2,1H3,(H2,23,24,25);1H. The summed E-state index contributed by atoms with van der Waals surface area (Å²) >= 11 is 0. The van der Waals surface area contributed by atoms with Crippen molar-refractivity contribution in [2.24, 2.45) is 4.99 Å². The van der Waals surface area contributed by atoms with Crippen molar-refractivity contribution in [3.8, 4) is 5.75 Å². The number of unbranched alkanes of at least 4 members (excludes halogenated alkanes) is 1. The van der Waals surface area contributed by atoms with Crippen LogP contribution in [-0.2, 0) is 19.3 Å². The molecule has 3 rings (SSSR count). The number of hydrogen-bond acceptors (Lipinski definition) is 4. The summed E-state index contributed by atoms with van der Waals surface area (Å²) in [4.78, 5) is 14.6. The summed E-state index contributed by atoms with van der Waals surface area (Å²) in [6.07, 6.45) is 4.86. The predicted molar refractivity (Wildman–Crippen MR) is 130 cm³/mol. The summed E-state index contributed by atoms with van der Waals surface area (Å²) in [5.74, 6) is 1.83. The van der Waals surface area contributed by atoms with Gasteiger partial charge in [0.1, 0.15) is 5.75 Å². The van der Waals surface area contributed by atoms with Crippen LogP contribution >= 0.6 is 24.0 Å². The average molecular weight is 524 g/mol. The largest absolute Gasteiger partial charge is 0.493 e. The molecular weight excluding hydrogens is 495 g/mol. The molecule has 0 bridgehead atoms. The Bertz CT molecular complexity index is 856. The van der Waals surface area contributed by atoms with Gasteiger partial charge in [-0.1, -0.05) is 24.3 Å². The van der Waals surface area contributed by atoms with Crippen LogP contribution in [0.5, 0.6) is 5.75 Å². The number of non-ortho nitro benzene ring substituents is 1. The van der Waals surface area contributed by atoms with Gasteiger partial charge in [0, 0.05) is 38.7 Å². The Morgan fingerprint density at radius 2 is 1.80 bits per heavy atom. The van der Waals surface area contributed by atoms with Gasteiger partial charge in [-0.3, -0.25) is 15.1 Å². The molecule has 0 unspecified atom stereocenters. The SMILES string of the molecule is CN=C(NCCCCc1ccc([N+](=O)[O-])cc1)NCCc1ccc2c(c1)CCO2.I. The van der Waals surface area contributed by atoms with Gasteiger partial charge in [0.2, 0.25) is 0 Å². The highest BCUT2D eigenvalue weighted by molar-refractivity contribution is 14.0. The number of nitro benzene ring substituents is 1. The first kappa shape index (κ1) is 23.9. The Morgan fingerprint density at radius 3 is 2.53 bits per heavy atom. The Kier molecular flexibility index (Phi) is 9.85. The number of ether oxygens (including phenoxy) is 1. The molecule has 2 aromatic carbocycles. The van der Waals surface area contributed by atoms with Crippen LogP contribution in [0.4, 0.5) is 5.69 Å². The van der Waals surface area contributed by atoms with Crippen molar-refractivity contribution in [1.82, 2.24) is 10.6 Å². The third-order valence-electron chi connectivity index (χ3n) is 5.02. The molecule has 0 atom stereocenters. The van der Waals surface area contributed by atoms with Gasteiger partial charge in [-0.2, -0.15) is 0 Å². The van der Waals surface area contributed by atoms with E-state index in [-0.39, 0.29) is 34.6 Å². The summed E-state index contributed by atoms with van der Waals surface area (Å²) in [6.45, 7) is 2.45. The number of rotatable bonds is 9. The van der Waals surface area contributed by atoms with Crippen LogP contribution in [-0.4, -0.2) is 37.6 Å². The number of fused-ring (bicyclic) bond motifs is 1. The summed E-state index contributed by atoms with van der Waals surface area (Å²) in [5, 5.41) is 17.4. The van der Waals surface area contributed by atoms with Gasteiger partial charge in [0.05, 0.1) is 11.5 Å². The van der Waals surface area contributed by atoms with E-state index in [1.54, 1.807) is 19.2 Å². The second-order valence-corrected chi connectivity index (χ2v) is 7.10. The molecule has 0 fully saturated rings. The minimum absolute atomic E-state index is 0. The van der Waals surface area contributed by atoms with Crippen molar-refractivity contribution >= 4 is 35.6 Å². The van der Waals surface area contributed by atoms with Gasteiger partial charge in [0.15, 0.2) is 5.96 Å². The quantitative estimate of drug-likeness (QED) is 0.130. The van der Waals surface area contributed by atoms with E-state index in [4.69, 9.17) is 4.74 Å². The Labute approximate surface area is 194 Å². The van der Waals surface area contributed by atoms with E-state index in [0.29, 0.717) is 0 Å². The number of nitrogens with one attached hydrogen (secondary N) is 2. The number of nitro groups is 1. The van der Waals surface area contributed by atoms with Gasteiger partial charge in [-0.15, -0.1) is 24.0 Å². The molecule has 0 radical (unpaired) electrons. The van der Waals surface area contributed by atoms with E-state index in [9.17, 15) is 10.1 Å². The predicted octanol–water partition coefficient (Wildman–Crippen LogP) is 3.88. The van der Waals surface area contributed by atoms with E-state index in [1.165, 1.54) is 11.1 Å². The van der Waals surface area contributed by atoms with Crippen LogP contribution in [0.15, 0.2) is 47.5 Å². The van der Waals surface area contributed by atoms with Crippen LogP contribution in [0.1, 0.15) is 29.5 Å². The first-order valence-electron chi connectivity index (χ1n) is 10.1. The third kappa shape index (κ3) is 7.16. The third-order valence-corrected chi connectivity index (χ3v) is 5.02. The number of benzene rings is 2. The van der Waals surface area contributed by atoms with E-state index < -0.39 is 0 Å². The monoisotopic (exact) mass is 524 g/mol. The maximum absolute atomic E-state index is 10.7. The maximum Gasteiger partial charge on any atom is 0.269 e. The zero-order valence-corrected chi connectivity index (χ0v) is 19.6. The smallest absolute Gasteiger partial charge is 0.269 e. The number of halogens is 1. The maximum atomic E-state index is 10.7. The van der Waals surface area contributed by atoms with E-state index in [2.05, 4.69) is 33.8 Å². The fourth-order valence-corrected chi connectivity index (χ4v) is 3.39. The molecule has 0 saturated carbocycles. The lowest BCUT2D eigenvalue weighted by Crippen LogP contribution is -2.38. The van der Waals surface area contributed by atoms with Crippen molar-refractivity contribution < 1.29 is 9.66 Å². The summed E-state index contributed by atoms with van der Waals surface area (Å²) in [5.41, 5.74) is 3.87. The lowest BCUT2D eigenvalue weighted by atomic mass is 10.1. The Hall–Kier alpha value is -2.36. The lowest BCUT2D eigenvalue weighted by Gasteiger charge is -2.12. The topological polar surface area (TPSA) is 88.8 Å². The Morgan fingerprint density at radius 1 is 1.07 bits per heavy atom. The van der Waals surface area contributed by atoms with Crippen molar-refractivity contribution in [3.63, 3.8) is 0 Å². The fourth-order valence-electron chi connectivity index (χ4n) is 3.39. The molecule has 1 aliphatic rings. The minimum Gasteiger partial charge on any atom is -0.493 e. The number of hydrogen-bond donors (Lipinski definition) is 2. The highest BCUT2D eigenvalue weighted by atomic mass is 127. The number of nitrogens with zero attached hydrogens (tertiary/aromatic N) is 2. The van der Waals surface area contributed by atoms with E-state index in [0.717, 1.165) is 69.1 Å². The van der Waals surface area contributed by atoms with E-state index >= 15 is 0 Å². The van der Waals surface area contributed by atoms with Crippen molar-refractivity contribution in [2.45, 2.75) is 32.1 Å². The van der Waals surface area contributed by atoms with Gasteiger partial charge in [-0.25, -0.2) is 0 Å². The zero-order valence-electron chi connectivity index (χ0n) is 17.2. The number of aryl methyl sites for hydroxylation is 1. The molecule has 7 nitrogen and oxygen atoms in total. The fraction of sp³-hybridized carbons (Fsp3) is 0.409. The normalized spacial score (nSPS) is 12.5. The molecule has 1 heterocycles. The highest BCUT2D eigenvalue weighted by Crippen LogP contribution is 2.25. The lowest BCUT2D eigenvalue weighted by molar-refractivity contribution is -0.384. The van der Waals surface area contributed by atoms with Gasteiger partial charge in [-0.05, 0) is 48.4 Å². The van der Waals surface area contributed by atoms with Crippen LogP contribution in [0.3, 0.4) is 0 Å². The zero-order chi connectivity index (χ0) is 20.5. The van der Waals surface area contributed by atoms with Crippen LogP contribution in [0.2, 0.25) is 0 Å². The van der Waals surface area contributed by atoms with Gasteiger partial charge >= 0.3 is 0 Å². The van der Waals surface area contributed by atoms with Crippen LogP contribution in [0.25, 0.3) is 0 Å². The molecular formula is C22H29IN4O3. The molecule has 8 heteroatoms. The van der Waals surface area contributed by atoms with Crippen LogP contribution < -0.4 is 15.4 Å². The molecule has 0 aliphatic carbocycles. The molecule has 0 spiro atoms. The van der Waals surface area contributed by atoms with Crippen molar-refractivity contribution in [2.75, 3.05) is 26.7 Å². The summed E-state index contributed by atoms with van der Waals surface area (Å²) < 4.78 is 5.55. The van der Waals surface area contributed by atoms with Crippen molar-refractivity contribution in [3.05, 3.63) is 69.3 Å². The average Bonchev–Trinajstić information content (AvgIpc) is 3.20. The molecule has 30 heavy (non-hydrogen) atoms. The molecule has 0 aromatic heterocycles. The van der Waals surface area contributed by atoms with Gasteiger partial charge < -0.3 is 15.4 Å². The molecule has 0 amide bonds. The second kappa shape index (κ2) is 12.4. The molecule has 162 valence electrons. The summed E-state index contributed by atoms with van der Waals surface area (Å²) in [7, 11) is 1.78. The van der Waals surface area contributed by atoms with Gasteiger partial charge in [0.25, 0.3) is 5.69 Å². The second-order valence-electron chi connectivity index (χ2n) is 7.10. The Balaban J connectivity index is 0.00000320. The molecule has 1 aliphatic heterocycles.